The van der Waals surface area contributed by atoms with Crippen LogP contribution in [-0.4, -0.2) is 18.8 Å². The van der Waals surface area contributed by atoms with Gasteiger partial charge in [0.1, 0.15) is 0 Å². The Bertz CT molecular complexity index is 401. The number of esters is 1. The van der Waals surface area contributed by atoms with Crippen LogP contribution >= 0.6 is 0 Å². The molecule has 0 rings (SSSR count). The van der Waals surface area contributed by atoms with Crippen molar-refractivity contribution in [3.63, 3.8) is 0 Å². The second kappa shape index (κ2) is 18.1. The van der Waals surface area contributed by atoms with Crippen LogP contribution in [0, 0.1) is 0 Å². The third-order valence-corrected chi connectivity index (χ3v) is 4.23. The summed E-state index contributed by atoms with van der Waals surface area (Å²) in [5.41, 5.74) is 0. The molecule has 5 heteroatoms. The van der Waals surface area contributed by atoms with E-state index in [2.05, 4.69) is 36.0 Å². The minimum atomic E-state index is -4.43. The standard InChI is InChI=1S/C22H37F3O2/c1-2-3-4-5-6-7-8-9-10-11-12-13-14-15-16-17-18-19-21(26)27-20-22(23,24)25/h6-7,9-10H,2-5,8,11-20H2,1H3/b7-6-,10-9-. The lowest BCUT2D eigenvalue weighted by atomic mass is 10.1. The molecule has 0 aromatic carbocycles. The summed E-state index contributed by atoms with van der Waals surface area (Å²) in [5.74, 6) is -0.755. The van der Waals surface area contributed by atoms with Gasteiger partial charge in [0.05, 0.1) is 0 Å². The van der Waals surface area contributed by atoms with E-state index in [0.29, 0.717) is 6.42 Å². The molecule has 0 aromatic rings. The lowest BCUT2D eigenvalue weighted by Gasteiger charge is -2.07. The molecule has 0 aliphatic heterocycles. The zero-order chi connectivity index (χ0) is 20.2. The van der Waals surface area contributed by atoms with Crippen molar-refractivity contribution in [2.24, 2.45) is 0 Å². The second-order valence-electron chi connectivity index (χ2n) is 6.96. The predicted octanol–water partition coefficient (Wildman–Crippen LogP) is 7.69. The molecule has 0 heterocycles. The van der Waals surface area contributed by atoms with Crippen molar-refractivity contribution in [3.05, 3.63) is 24.3 Å². The zero-order valence-corrected chi connectivity index (χ0v) is 16.9. The summed E-state index contributed by atoms with van der Waals surface area (Å²) in [5, 5.41) is 0. The molecule has 0 atom stereocenters. The maximum absolute atomic E-state index is 11.9. The first kappa shape index (κ1) is 25.7. The number of hydrogen-bond donors (Lipinski definition) is 0. The van der Waals surface area contributed by atoms with E-state index in [9.17, 15) is 18.0 Å². The number of alkyl halides is 3. The first-order valence-corrected chi connectivity index (χ1v) is 10.5. The van der Waals surface area contributed by atoms with Crippen LogP contribution in [0.1, 0.15) is 96.8 Å². The Morgan fingerprint density at radius 2 is 1.30 bits per heavy atom. The lowest BCUT2D eigenvalue weighted by molar-refractivity contribution is -0.186. The molecule has 0 N–H and O–H groups in total. The second-order valence-corrected chi connectivity index (χ2v) is 6.96. The van der Waals surface area contributed by atoms with Gasteiger partial charge in [-0.1, -0.05) is 76.2 Å². The fourth-order valence-electron chi connectivity index (χ4n) is 2.67. The fourth-order valence-corrected chi connectivity index (χ4v) is 2.67. The van der Waals surface area contributed by atoms with Crippen LogP contribution in [0.15, 0.2) is 24.3 Å². The van der Waals surface area contributed by atoms with E-state index in [0.717, 1.165) is 32.1 Å². The number of ether oxygens (including phenoxy) is 1. The molecule has 2 nitrogen and oxygen atoms in total. The largest absolute Gasteiger partial charge is 0.456 e. The molecule has 0 saturated heterocycles. The molecule has 0 unspecified atom stereocenters. The van der Waals surface area contributed by atoms with Crippen molar-refractivity contribution in [1.29, 1.82) is 0 Å². The molecular formula is C22H37F3O2. The fraction of sp³-hybridized carbons (Fsp3) is 0.773. The molecule has 0 aliphatic carbocycles. The molecule has 0 spiro atoms. The first-order chi connectivity index (χ1) is 13.0. The monoisotopic (exact) mass is 390 g/mol. The summed E-state index contributed by atoms with van der Waals surface area (Å²) in [6.45, 7) is 0.742. The summed E-state index contributed by atoms with van der Waals surface area (Å²) < 4.78 is 39.8. The molecule has 0 fully saturated rings. The van der Waals surface area contributed by atoms with Gasteiger partial charge in [0.25, 0.3) is 0 Å². The van der Waals surface area contributed by atoms with E-state index >= 15 is 0 Å². The molecule has 0 saturated carbocycles. The van der Waals surface area contributed by atoms with Crippen LogP contribution in [-0.2, 0) is 9.53 Å². The Kier molecular flexibility index (Phi) is 17.3. The van der Waals surface area contributed by atoms with Crippen LogP contribution in [0.25, 0.3) is 0 Å². The van der Waals surface area contributed by atoms with Crippen molar-refractivity contribution < 1.29 is 22.7 Å². The van der Waals surface area contributed by atoms with Gasteiger partial charge in [-0.2, -0.15) is 13.2 Å². The van der Waals surface area contributed by atoms with Crippen LogP contribution in [0.2, 0.25) is 0 Å². The smallest absolute Gasteiger partial charge is 0.422 e. The van der Waals surface area contributed by atoms with Gasteiger partial charge in [0.15, 0.2) is 6.61 Å². The molecule has 0 bridgehead atoms. The van der Waals surface area contributed by atoms with Gasteiger partial charge in [-0.05, 0) is 38.5 Å². The van der Waals surface area contributed by atoms with Crippen molar-refractivity contribution >= 4 is 5.97 Å². The number of unbranched alkanes of at least 4 members (excludes halogenated alkanes) is 10. The highest BCUT2D eigenvalue weighted by Gasteiger charge is 2.29. The maximum atomic E-state index is 11.9. The third-order valence-electron chi connectivity index (χ3n) is 4.23. The lowest BCUT2D eigenvalue weighted by Crippen LogP contribution is -2.20. The summed E-state index contributed by atoms with van der Waals surface area (Å²) in [6, 6.07) is 0. The van der Waals surface area contributed by atoms with E-state index in [1.807, 2.05) is 0 Å². The SMILES string of the molecule is CCCCC/C=C\C/C=C\CCCCCCCCCC(=O)OCC(F)(F)F. The average Bonchev–Trinajstić information content (AvgIpc) is 2.62. The number of carbonyl (C=O) groups excluding carboxylic acids is 1. The van der Waals surface area contributed by atoms with E-state index < -0.39 is 18.8 Å². The normalized spacial score (nSPS) is 12.3. The topological polar surface area (TPSA) is 26.3 Å². The third kappa shape index (κ3) is 22.7. The average molecular weight is 391 g/mol. The predicted molar refractivity (Wildman–Crippen MR) is 106 cm³/mol. The van der Waals surface area contributed by atoms with E-state index in [1.165, 1.54) is 44.9 Å². The molecule has 0 amide bonds. The highest BCUT2D eigenvalue weighted by molar-refractivity contribution is 5.69. The van der Waals surface area contributed by atoms with Gasteiger partial charge in [0, 0.05) is 6.42 Å². The summed E-state index contributed by atoms with van der Waals surface area (Å²) in [7, 11) is 0. The van der Waals surface area contributed by atoms with Gasteiger partial charge < -0.3 is 4.74 Å². The van der Waals surface area contributed by atoms with Gasteiger partial charge in [-0.3, -0.25) is 4.79 Å². The quantitative estimate of drug-likeness (QED) is 0.145. The first-order valence-electron chi connectivity index (χ1n) is 10.5. The number of rotatable bonds is 17. The van der Waals surface area contributed by atoms with Crippen molar-refractivity contribution in [1.82, 2.24) is 0 Å². The van der Waals surface area contributed by atoms with Gasteiger partial charge in [0.2, 0.25) is 0 Å². The maximum Gasteiger partial charge on any atom is 0.422 e. The van der Waals surface area contributed by atoms with Gasteiger partial charge in [-0.25, -0.2) is 0 Å². The van der Waals surface area contributed by atoms with Crippen molar-refractivity contribution in [3.8, 4) is 0 Å². The highest BCUT2D eigenvalue weighted by Crippen LogP contribution is 2.15. The Morgan fingerprint density at radius 1 is 0.778 bits per heavy atom. The number of allylic oxidation sites excluding steroid dienone is 4. The minimum absolute atomic E-state index is 0.0773. The van der Waals surface area contributed by atoms with Crippen molar-refractivity contribution in [2.75, 3.05) is 6.61 Å². The highest BCUT2D eigenvalue weighted by atomic mass is 19.4. The summed E-state index contributed by atoms with van der Waals surface area (Å²) in [4.78, 5) is 11.1. The Balaban J connectivity index is 3.29. The summed E-state index contributed by atoms with van der Waals surface area (Å²) in [6.07, 6.45) is 19.0. The van der Waals surface area contributed by atoms with E-state index in [-0.39, 0.29) is 6.42 Å². The van der Waals surface area contributed by atoms with E-state index in [4.69, 9.17) is 0 Å². The zero-order valence-electron chi connectivity index (χ0n) is 16.9. The van der Waals surface area contributed by atoms with E-state index in [1.54, 1.807) is 0 Å². The van der Waals surface area contributed by atoms with Crippen LogP contribution in [0.3, 0.4) is 0 Å². The Hall–Kier alpha value is -1.26. The minimum Gasteiger partial charge on any atom is -0.456 e. The molecule has 27 heavy (non-hydrogen) atoms. The number of halogens is 3. The molecule has 0 aromatic heterocycles. The van der Waals surface area contributed by atoms with Crippen LogP contribution in [0.4, 0.5) is 13.2 Å². The Morgan fingerprint density at radius 3 is 1.85 bits per heavy atom. The molecule has 158 valence electrons. The molecule has 0 aliphatic rings. The number of carbonyl (C=O) groups is 1. The summed E-state index contributed by atoms with van der Waals surface area (Å²) >= 11 is 0. The molecular weight excluding hydrogens is 353 g/mol. The number of hydrogen-bond acceptors (Lipinski definition) is 2. The van der Waals surface area contributed by atoms with Crippen LogP contribution < -0.4 is 0 Å². The Labute approximate surface area is 163 Å². The van der Waals surface area contributed by atoms with Gasteiger partial charge >= 0.3 is 12.1 Å². The van der Waals surface area contributed by atoms with Gasteiger partial charge in [-0.15, -0.1) is 0 Å². The van der Waals surface area contributed by atoms with Crippen molar-refractivity contribution in [2.45, 2.75) is 103 Å². The molecule has 0 radical (unpaired) electrons. The van der Waals surface area contributed by atoms with Crippen LogP contribution in [0.5, 0.6) is 0 Å².